The molecular weight excluding hydrogens is 240 g/mol. The largest absolute Gasteiger partial charge is 0.493 e. The first kappa shape index (κ1) is 13.8. The molecule has 0 aliphatic rings. The number of methoxy groups -OCH3 is 1. The van der Waals surface area contributed by atoms with Crippen molar-refractivity contribution in [3.63, 3.8) is 0 Å². The van der Waals surface area contributed by atoms with Crippen molar-refractivity contribution in [3.8, 4) is 11.5 Å². The number of carbonyl (C=O) groups is 2. The van der Waals surface area contributed by atoms with E-state index in [2.05, 4.69) is 0 Å². The third-order valence-corrected chi connectivity index (χ3v) is 2.33. The lowest BCUT2D eigenvalue weighted by Gasteiger charge is -2.16. The van der Waals surface area contributed by atoms with E-state index in [0.717, 1.165) is 0 Å². The number of hydrogen-bond donors (Lipinski definition) is 2. The van der Waals surface area contributed by atoms with Crippen LogP contribution in [0.2, 0.25) is 0 Å². The lowest BCUT2D eigenvalue weighted by Crippen LogP contribution is -2.26. The number of aliphatic carboxylic acids is 1. The van der Waals surface area contributed by atoms with E-state index in [4.69, 9.17) is 19.7 Å². The number of hydrogen-bond acceptors (Lipinski definition) is 4. The van der Waals surface area contributed by atoms with Gasteiger partial charge in [0.2, 0.25) is 0 Å². The fourth-order valence-electron chi connectivity index (χ4n) is 1.36. The Hall–Kier alpha value is -2.24. The monoisotopic (exact) mass is 254 g/mol. The van der Waals surface area contributed by atoms with Crippen molar-refractivity contribution in [2.24, 2.45) is 0 Å². The summed E-state index contributed by atoms with van der Waals surface area (Å²) in [7, 11) is 1.39. The van der Waals surface area contributed by atoms with Crippen molar-refractivity contribution in [2.75, 3.05) is 7.11 Å². The molecule has 1 aromatic rings. The predicted molar refractivity (Wildman–Crippen MR) is 62.3 cm³/mol. The molecule has 1 rings (SSSR count). The number of rotatable bonds is 6. The van der Waals surface area contributed by atoms with Crippen molar-refractivity contribution in [3.05, 3.63) is 23.8 Å². The molecule has 6 heteroatoms. The molecule has 0 saturated carbocycles. The van der Waals surface area contributed by atoms with E-state index in [0.29, 0.717) is 5.75 Å². The first-order valence-electron chi connectivity index (χ1n) is 5.30. The average molecular weight is 254 g/mol. The maximum Gasteiger partial charge on any atom is 0.344 e. The van der Waals surface area contributed by atoms with Gasteiger partial charge in [-0.05, 0) is 24.6 Å². The topological polar surface area (TPSA) is 93.1 Å². The van der Waals surface area contributed by atoms with Gasteiger partial charge in [0, 0.05) is 0 Å². The molecule has 0 heterocycles. The molecule has 0 bridgehead atoms. The summed E-state index contributed by atoms with van der Waals surface area (Å²) in [4.78, 5) is 21.7. The Labute approximate surface area is 104 Å². The SMILES string of the molecule is CCC(Oc1cc(C(=O)O)ccc1OC)C(=O)O. The average Bonchev–Trinajstić information content (AvgIpc) is 2.35. The molecule has 0 aliphatic carbocycles. The minimum atomic E-state index is -1.12. The number of aromatic carboxylic acids is 1. The first-order chi connectivity index (χ1) is 8.49. The molecule has 1 atom stereocenters. The summed E-state index contributed by atoms with van der Waals surface area (Å²) in [6, 6.07) is 4.02. The highest BCUT2D eigenvalue weighted by atomic mass is 16.5. The summed E-state index contributed by atoms with van der Waals surface area (Å²) in [5.41, 5.74) is 0.00559. The summed E-state index contributed by atoms with van der Waals surface area (Å²) in [5.74, 6) is -1.84. The first-order valence-corrected chi connectivity index (χ1v) is 5.30. The molecule has 0 fully saturated rings. The Morgan fingerprint density at radius 3 is 2.39 bits per heavy atom. The molecule has 0 radical (unpaired) electrons. The van der Waals surface area contributed by atoms with Crippen molar-refractivity contribution in [1.29, 1.82) is 0 Å². The quantitative estimate of drug-likeness (QED) is 0.801. The van der Waals surface area contributed by atoms with Gasteiger partial charge in [0.25, 0.3) is 0 Å². The Kier molecular flexibility index (Phi) is 4.53. The standard InChI is InChI=1S/C12H14O6/c1-3-8(12(15)16)18-10-6-7(11(13)14)4-5-9(10)17-2/h4-6,8H,3H2,1-2H3,(H,13,14)(H,15,16). The molecule has 1 unspecified atom stereocenters. The molecule has 0 aliphatic heterocycles. The Bertz CT molecular complexity index is 454. The van der Waals surface area contributed by atoms with Crippen molar-refractivity contribution >= 4 is 11.9 Å². The molecule has 0 saturated heterocycles. The molecule has 6 nitrogen and oxygen atoms in total. The summed E-state index contributed by atoms with van der Waals surface area (Å²) < 4.78 is 10.2. The third kappa shape index (κ3) is 3.13. The highest BCUT2D eigenvalue weighted by Crippen LogP contribution is 2.29. The van der Waals surface area contributed by atoms with E-state index in [1.165, 1.54) is 25.3 Å². The van der Waals surface area contributed by atoms with E-state index in [1.807, 2.05) is 0 Å². The number of carboxylic acids is 2. The lowest BCUT2D eigenvalue weighted by molar-refractivity contribution is -0.145. The van der Waals surface area contributed by atoms with Crippen molar-refractivity contribution < 1.29 is 29.3 Å². The van der Waals surface area contributed by atoms with Gasteiger partial charge in [0.05, 0.1) is 12.7 Å². The van der Waals surface area contributed by atoms with Gasteiger partial charge in [-0.25, -0.2) is 9.59 Å². The summed E-state index contributed by atoms with van der Waals surface area (Å²) >= 11 is 0. The van der Waals surface area contributed by atoms with Crippen LogP contribution in [0.1, 0.15) is 23.7 Å². The molecule has 2 N–H and O–H groups in total. The van der Waals surface area contributed by atoms with Crippen LogP contribution >= 0.6 is 0 Å². The smallest absolute Gasteiger partial charge is 0.344 e. The zero-order chi connectivity index (χ0) is 13.7. The van der Waals surface area contributed by atoms with Gasteiger partial charge in [-0.1, -0.05) is 6.92 Å². The van der Waals surface area contributed by atoms with Crippen LogP contribution in [0.25, 0.3) is 0 Å². The molecule has 0 aromatic heterocycles. The van der Waals surface area contributed by atoms with Crippen LogP contribution in [0.5, 0.6) is 11.5 Å². The van der Waals surface area contributed by atoms with E-state index in [9.17, 15) is 9.59 Å². The number of benzene rings is 1. The summed E-state index contributed by atoms with van der Waals surface area (Å²) in [6.07, 6.45) is -0.779. The van der Waals surface area contributed by atoms with Crippen LogP contribution in [0.3, 0.4) is 0 Å². The van der Waals surface area contributed by atoms with E-state index in [1.54, 1.807) is 6.92 Å². The van der Waals surface area contributed by atoms with E-state index >= 15 is 0 Å². The van der Waals surface area contributed by atoms with Crippen LogP contribution in [-0.2, 0) is 4.79 Å². The molecular formula is C12H14O6. The second kappa shape index (κ2) is 5.90. The zero-order valence-corrected chi connectivity index (χ0v) is 10.0. The molecule has 98 valence electrons. The number of ether oxygens (including phenoxy) is 2. The molecule has 0 amide bonds. The summed E-state index contributed by atoms with van der Waals surface area (Å²) in [5, 5.41) is 17.8. The van der Waals surface area contributed by atoms with Crippen molar-refractivity contribution in [2.45, 2.75) is 19.4 Å². The minimum Gasteiger partial charge on any atom is -0.493 e. The highest BCUT2D eigenvalue weighted by Gasteiger charge is 2.20. The van der Waals surface area contributed by atoms with Gasteiger partial charge in [-0.3, -0.25) is 0 Å². The maximum atomic E-state index is 10.9. The number of carboxylic acid groups (broad SMARTS) is 2. The van der Waals surface area contributed by atoms with Crippen molar-refractivity contribution in [1.82, 2.24) is 0 Å². The van der Waals surface area contributed by atoms with Gasteiger partial charge < -0.3 is 19.7 Å². The predicted octanol–water partition coefficient (Wildman–Crippen LogP) is 1.64. The van der Waals surface area contributed by atoms with Gasteiger partial charge >= 0.3 is 11.9 Å². The second-order valence-corrected chi connectivity index (χ2v) is 3.52. The molecule has 0 spiro atoms. The van der Waals surface area contributed by atoms with Gasteiger partial charge in [0.1, 0.15) is 0 Å². The van der Waals surface area contributed by atoms with E-state index in [-0.39, 0.29) is 17.7 Å². The summed E-state index contributed by atoms with van der Waals surface area (Å²) in [6.45, 7) is 1.66. The lowest BCUT2D eigenvalue weighted by atomic mass is 10.2. The molecule has 1 aromatic carbocycles. The van der Waals surface area contributed by atoms with Gasteiger partial charge in [-0.15, -0.1) is 0 Å². The third-order valence-electron chi connectivity index (χ3n) is 2.33. The zero-order valence-electron chi connectivity index (χ0n) is 10.0. The fourth-order valence-corrected chi connectivity index (χ4v) is 1.36. The van der Waals surface area contributed by atoms with Crippen LogP contribution < -0.4 is 9.47 Å². The van der Waals surface area contributed by atoms with Crippen LogP contribution in [-0.4, -0.2) is 35.4 Å². The second-order valence-electron chi connectivity index (χ2n) is 3.52. The Morgan fingerprint density at radius 1 is 1.28 bits per heavy atom. The van der Waals surface area contributed by atoms with Gasteiger partial charge in [-0.2, -0.15) is 0 Å². The minimum absolute atomic E-state index is 0.00559. The Balaban J connectivity index is 3.07. The van der Waals surface area contributed by atoms with Gasteiger partial charge in [0.15, 0.2) is 17.6 Å². The fraction of sp³-hybridized carbons (Fsp3) is 0.333. The maximum absolute atomic E-state index is 10.9. The Morgan fingerprint density at radius 2 is 1.94 bits per heavy atom. The van der Waals surface area contributed by atoms with Crippen LogP contribution in [0.4, 0.5) is 0 Å². The van der Waals surface area contributed by atoms with Crippen LogP contribution in [0.15, 0.2) is 18.2 Å². The normalized spacial score (nSPS) is 11.7. The molecule has 18 heavy (non-hydrogen) atoms. The highest BCUT2D eigenvalue weighted by molar-refractivity contribution is 5.88. The van der Waals surface area contributed by atoms with Crippen LogP contribution in [0, 0.1) is 0 Å². The van der Waals surface area contributed by atoms with E-state index < -0.39 is 18.0 Å².